The summed E-state index contributed by atoms with van der Waals surface area (Å²) in [4.78, 5) is 7.22. The number of anilines is 1. The lowest BCUT2D eigenvalue weighted by Gasteiger charge is -2.12. The number of benzene rings is 1. The van der Waals surface area contributed by atoms with E-state index in [1.165, 1.54) is 6.26 Å². The smallest absolute Gasteiger partial charge is 0.451 e. The van der Waals surface area contributed by atoms with Gasteiger partial charge in [-0.25, -0.2) is 9.97 Å². The predicted octanol–water partition coefficient (Wildman–Crippen LogP) is 4.16. The Labute approximate surface area is 124 Å². The number of aryl methyl sites for hydroxylation is 1. The summed E-state index contributed by atoms with van der Waals surface area (Å²) in [6, 6.07) is 8.46. The maximum Gasteiger partial charge on any atom is 0.451 e. The third kappa shape index (κ3) is 2.88. The zero-order valence-electron chi connectivity index (χ0n) is 11.6. The number of rotatable bonds is 3. The molecule has 0 aliphatic rings. The van der Waals surface area contributed by atoms with Crippen LogP contribution >= 0.6 is 0 Å². The van der Waals surface area contributed by atoms with Crippen LogP contribution in [0.25, 0.3) is 10.9 Å². The zero-order valence-corrected chi connectivity index (χ0v) is 11.6. The molecule has 114 valence electrons. The lowest BCUT2D eigenvalue weighted by Crippen LogP contribution is -2.13. The number of hydrogen-bond acceptors (Lipinski definition) is 4. The van der Waals surface area contributed by atoms with Gasteiger partial charge in [0.25, 0.3) is 0 Å². The molecule has 7 heteroatoms. The first kappa shape index (κ1) is 14.4. The molecule has 0 saturated heterocycles. The minimum Gasteiger partial charge on any atom is -0.467 e. The van der Waals surface area contributed by atoms with E-state index in [4.69, 9.17) is 4.42 Å². The number of nitrogens with one attached hydrogen (secondary N) is 1. The van der Waals surface area contributed by atoms with Gasteiger partial charge in [0.05, 0.1) is 18.3 Å². The molecule has 3 rings (SSSR count). The maximum atomic E-state index is 12.9. The molecule has 0 fully saturated rings. The quantitative estimate of drug-likeness (QED) is 0.789. The molecule has 0 unspecified atom stereocenters. The van der Waals surface area contributed by atoms with E-state index < -0.39 is 12.0 Å². The van der Waals surface area contributed by atoms with Crippen LogP contribution in [0.5, 0.6) is 0 Å². The van der Waals surface area contributed by atoms with Gasteiger partial charge in [-0.05, 0) is 31.2 Å². The highest BCUT2D eigenvalue weighted by Gasteiger charge is 2.35. The minimum atomic E-state index is -4.60. The molecule has 2 heterocycles. The first-order chi connectivity index (χ1) is 10.4. The molecule has 0 aliphatic heterocycles. The van der Waals surface area contributed by atoms with Gasteiger partial charge in [-0.3, -0.25) is 0 Å². The Hall–Kier alpha value is -2.57. The van der Waals surface area contributed by atoms with Crippen molar-refractivity contribution in [3.63, 3.8) is 0 Å². The number of halogens is 3. The summed E-state index contributed by atoms with van der Waals surface area (Å²) in [6.07, 6.45) is -3.10. The van der Waals surface area contributed by atoms with Crippen molar-refractivity contribution in [1.82, 2.24) is 9.97 Å². The highest BCUT2D eigenvalue weighted by Crippen LogP contribution is 2.30. The van der Waals surface area contributed by atoms with E-state index in [0.29, 0.717) is 11.1 Å². The lowest BCUT2D eigenvalue weighted by atomic mass is 10.1. The summed E-state index contributed by atoms with van der Waals surface area (Å²) in [5.74, 6) is -0.420. The number of alkyl halides is 3. The third-order valence-corrected chi connectivity index (χ3v) is 3.11. The Morgan fingerprint density at radius 1 is 1.18 bits per heavy atom. The molecule has 1 aromatic carbocycles. The predicted molar refractivity (Wildman–Crippen MR) is 75.3 cm³/mol. The van der Waals surface area contributed by atoms with Crippen LogP contribution in [-0.2, 0) is 12.7 Å². The fourth-order valence-corrected chi connectivity index (χ4v) is 2.09. The van der Waals surface area contributed by atoms with E-state index in [-0.39, 0.29) is 17.9 Å². The SMILES string of the molecule is Cc1ccc2nc(C(F)(F)F)nc(NCc3ccco3)c2c1. The molecule has 0 atom stereocenters. The summed E-state index contributed by atoms with van der Waals surface area (Å²) in [5.41, 5.74) is 1.16. The fraction of sp³-hybridized carbons (Fsp3) is 0.200. The number of aromatic nitrogens is 2. The van der Waals surface area contributed by atoms with Crippen LogP contribution in [-0.4, -0.2) is 9.97 Å². The Morgan fingerprint density at radius 3 is 2.68 bits per heavy atom. The number of hydrogen-bond donors (Lipinski definition) is 1. The number of furan rings is 1. The van der Waals surface area contributed by atoms with Gasteiger partial charge in [-0.1, -0.05) is 11.6 Å². The van der Waals surface area contributed by atoms with E-state index in [2.05, 4.69) is 15.3 Å². The molecule has 0 aliphatic carbocycles. The molecule has 0 amide bonds. The van der Waals surface area contributed by atoms with E-state index in [9.17, 15) is 13.2 Å². The van der Waals surface area contributed by atoms with Crippen molar-refractivity contribution in [2.45, 2.75) is 19.6 Å². The molecule has 0 spiro atoms. The molecule has 0 saturated carbocycles. The minimum absolute atomic E-state index is 0.137. The monoisotopic (exact) mass is 307 g/mol. The third-order valence-electron chi connectivity index (χ3n) is 3.11. The van der Waals surface area contributed by atoms with Crippen LogP contribution in [0.1, 0.15) is 17.1 Å². The van der Waals surface area contributed by atoms with Crippen LogP contribution < -0.4 is 5.32 Å². The van der Waals surface area contributed by atoms with Crippen molar-refractivity contribution in [1.29, 1.82) is 0 Å². The molecule has 22 heavy (non-hydrogen) atoms. The highest BCUT2D eigenvalue weighted by molar-refractivity contribution is 5.89. The van der Waals surface area contributed by atoms with Gasteiger partial charge in [0.2, 0.25) is 5.82 Å². The van der Waals surface area contributed by atoms with Gasteiger partial charge in [-0.2, -0.15) is 13.2 Å². The van der Waals surface area contributed by atoms with E-state index >= 15 is 0 Å². The average molecular weight is 307 g/mol. The average Bonchev–Trinajstić information content (AvgIpc) is 2.97. The first-order valence-corrected chi connectivity index (χ1v) is 6.55. The molecular weight excluding hydrogens is 295 g/mol. The normalized spacial score (nSPS) is 11.8. The Kier molecular flexibility index (Phi) is 3.48. The van der Waals surface area contributed by atoms with E-state index in [1.54, 1.807) is 30.3 Å². The highest BCUT2D eigenvalue weighted by atomic mass is 19.4. The van der Waals surface area contributed by atoms with Gasteiger partial charge in [-0.15, -0.1) is 0 Å². The summed E-state index contributed by atoms with van der Waals surface area (Å²) in [7, 11) is 0. The van der Waals surface area contributed by atoms with Crippen molar-refractivity contribution < 1.29 is 17.6 Å². The molecule has 3 aromatic rings. The Bertz CT molecular complexity index is 798. The van der Waals surface area contributed by atoms with Crippen LogP contribution in [0, 0.1) is 6.92 Å². The van der Waals surface area contributed by atoms with Crippen molar-refractivity contribution in [2.75, 3.05) is 5.32 Å². The lowest BCUT2D eigenvalue weighted by molar-refractivity contribution is -0.144. The van der Waals surface area contributed by atoms with Gasteiger partial charge in [0, 0.05) is 5.39 Å². The first-order valence-electron chi connectivity index (χ1n) is 6.55. The zero-order chi connectivity index (χ0) is 15.7. The van der Waals surface area contributed by atoms with Gasteiger partial charge < -0.3 is 9.73 Å². The second kappa shape index (κ2) is 5.32. The topological polar surface area (TPSA) is 51.0 Å². The largest absolute Gasteiger partial charge is 0.467 e. The van der Waals surface area contributed by atoms with Crippen LogP contribution in [0.15, 0.2) is 41.0 Å². The molecule has 4 nitrogen and oxygen atoms in total. The van der Waals surface area contributed by atoms with Gasteiger partial charge >= 0.3 is 6.18 Å². The Balaban J connectivity index is 2.06. The van der Waals surface area contributed by atoms with E-state index in [1.807, 2.05) is 6.92 Å². The fourth-order valence-electron chi connectivity index (χ4n) is 2.09. The van der Waals surface area contributed by atoms with Gasteiger partial charge in [0.1, 0.15) is 11.6 Å². The summed E-state index contributed by atoms with van der Waals surface area (Å²) in [6.45, 7) is 2.10. The van der Waals surface area contributed by atoms with Crippen molar-refractivity contribution >= 4 is 16.7 Å². The van der Waals surface area contributed by atoms with Crippen molar-refractivity contribution in [2.24, 2.45) is 0 Å². The maximum absolute atomic E-state index is 12.9. The molecule has 0 radical (unpaired) electrons. The summed E-state index contributed by atoms with van der Waals surface area (Å²) in [5, 5.41) is 3.43. The second-order valence-corrected chi connectivity index (χ2v) is 4.85. The molecule has 0 bridgehead atoms. The summed E-state index contributed by atoms with van der Waals surface area (Å²) >= 11 is 0. The Morgan fingerprint density at radius 2 is 2.00 bits per heavy atom. The van der Waals surface area contributed by atoms with Crippen LogP contribution in [0.4, 0.5) is 19.0 Å². The molecular formula is C15H12F3N3O. The standard InChI is InChI=1S/C15H12F3N3O/c1-9-4-5-12-11(7-9)13(19-8-10-3-2-6-22-10)21-14(20-12)15(16,17)18/h2-7H,8H2,1H3,(H,19,20,21). The van der Waals surface area contributed by atoms with Crippen molar-refractivity contribution in [3.8, 4) is 0 Å². The number of fused-ring (bicyclic) bond motifs is 1. The van der Waals surface area contributed by atoms with E-state index in [0.717, 1.165) is 5.56 Å². The number of nitrogens with zero attached hydrogens (tertiary/aromatic N) is 2. The van der Waals surface area contributed by atoms with Gasteiger partial charge in [0.15, 0.2) is 0 Å². The summed E-state index contributed by atoms with van der Waals surface area (Å²) < 4.78 is 43.9. The second-order valence-electron chi connectivity index (χ2n) is 4.85. The van der Waals surface area contributed by atoms with Crippen molar-refractivity contribution in [3.05, 3.63) is 53.7 Å². The van der Waals surface area contributed by atoms with Crippen LogP contribution in [0.2, 0.25) is 0 Å². The molecule has 1 N–H and O–H groups in total. The van der Waals surface area contributed by atoms with Crippen LogP contribution in [0.3, 0.4) is 0 Å². The molecule has 2 aromatic heterocycles.